The molecule has 8 nitrogen and oxygen atoms in total. The summed E-state index contributed by atoms with van der Waals surface area (Å²) in [5.41, 5.74) is 0.644. The molecule has 1 unspecified atom stereocenters. The summed E-state index contributed by atoms with van der Waals surface area (Å²) >= 11 is 0. The summed E-state index contributed by atoms with van der Waals surface area (Å²) in [5.74, 6) is -0.503. The molecule has 0 saturated heterocycles. The minimum atomic E-state index is -3.70. The van der Waals surface area contributed by atoms with Crippen molar-refractivity contribution in [3.8, 4) is 17.2 Å². The second-order valence-corrected chi connectivity index (χ2v) is 8.44. The van der Waals surface area contributed by atoms with Crippen molar-refractivity contribution in [2.45, 2.75) is 32.6 Å². The number of methoxy groups -OCH3 is 1. The van der Waals surface area contributed by atoms with Gasteiger partial charge in [-0.15, -0.1) is 0 Å². The Bertz CT molecular complexity index is 844. The average Bonchev–Trinajstić information content (AvgIpc) is 3.01. The molecule has 1 amide bonds. The molecule has 26 heavy (non-hydrogen) atoms. The highest BCUT2D eigenvalue weighted by Gasteiger charge is 2.22. The van der Waals surface area contributed by atoms with Gasteiger partial charge in [-0.3, -0.25) is 4.79 Å². The highest BCUT2D eigenvalue weighted by atomic mass is 32.2. The van der Waals surface area contributed by atoms with E-state index in [1.54, 1.807) is 31.4 Å². The minimum absolute atomic E-state index is 0.0144. The van der Waals surface area contributed by atoms with E-state index in [-0.39, 0.29) is 23.7 Å². The number of benzene rings is 1. The molecule has 0 saturated carbocycles. The van der Waals surface area contributed by atoms with E-state index in [1.807, 2.05) is 20.8 Å². The number of rotatable bonds is 8. The van der Waals surface area contributed by atoms with E-state index in [0.717, 1.165) is 0 Å². The van der Waals surface area contributed by atoms with Crippen molar-refractivity contribution < 1.29 is 22.5 Å². The zero-order valence-corrected chi connectivity index (χ0v) is 16.0. The third-order valence-electron chi connectivity index (χ3n) is 3.89. The van der Waals surface area contributed by atoms with Crippen LogP contribution in [0, 0.1) is 5.92 Å². The standard InChI is InChI=1S/C17H23N3O5S/c1-11(2)12(3)18-16(21)10-26(22,23)9-15-19-17(25-20-15)13-5-7-14(24-4)8-6-13/h5-8,11-12H,9-10H2,1-4H3,(H,18,21). The Morgan fingerprint density at radius 2 is 1.88 bits per heavy atom. The molecular weight excluding hydrogens is 358 g/mol. The van der Waals surface area contributed by atoms with Crippen LogP contribution in [0.5, 0.6) is 5.75 Å². The number of hydrogen-bond donors (Lipinski definition) is 1. The van der Waals surface area contributed by atoms with Crippen LogP contribution in [0.1, 0.15) is 26.6 Å². The SMILES string of the molecule is COc1ccc(-c2nc(CS(=O)(=O)CC(=O)NC(C)C(C)C)no2)cc1. The molecule has 1 N–H and O–H groups in total. The lowest BCUT2D eigenvalue weighted by molar-refractivity contribution is -0.119. The number of amides is 1. The van der Waals surface area contributed by atoms with Crippen molar-refractivity contribution in [1.82, 2.24) is 15.5 Å². The largest absolute Gasteiger partial charge is 0.497 e. The molecule has 2 rings (SSSR count). The smallest absolute Gasteiger partial charge is 0.257 e. The summed E-state index contributed by atoms with van der Waals surface area (Å²) in [5, 5.41) is 6.36. The summed E-state index contributed by atoms with van der Waals surface area (Å²) in [6.45, 7) is 5.72. The number of sulfone groups is 1. The maximum Gasteiger partial charge on any atom is 0.257 e. The molecule has 9 heteroatoms. The molecule has 0 radical (unpaired) electrons. The Labute approximate surface area is 152 Å². The second kappa shape index (κ2) is 8.31. The Kier molecular flexibility index (Phi) is 6.36. The third-order valence-corrected chi connectivity index (χ3v) is 5.29. The van der Waals surface area contributed by atoms with Crippen LogP contribution in [0.2, 0.25) is 0 Å². The van der Waals surface area contributed by atoms with Crippen molar-refractivity contribution in [2.75, 3.05) is 12.9 Å². The molecule has 1 aromatic heterocycles. The second-order valence-electron chi connectivity index (χ2n) is 6.38. The number of nitrogens with zero attached hydrogens (tertiary/aromatic N) is 2. The van der Waals surface area contributed by atoms with Crippen molar-refractivity contribution in [3.05, 3.63) is 30.1 Å². The summed E-state index contributed by atoms with van der Waals surface area (Å²) in [7, 11) is -2.14. The zero-order chi connectivity index (χ0) is 19.3. The first-order valence-electron chi connectivity index (χ1n) is 8.17. The van der Waals surface area contributed by atoms with E-state index in [1.165, 1.54) is 0 Å². The molecule has 1 heterocycles. The number of carbonyl (C=O) groups is 1. The van der Waals surface area contributed by atoms with Crippen molar-refractivity contribution >= 4 is 15.7 Å². The summed E-state index contributed by atoms with van der Waals surface area (Å²) in [6.07, 6.45) is 0. The van der Waals surface area contributed by atoms with Gasteiger partial charge in [0.15, 0.2) is 15.7 Å². The van der Waals surface area contributed by atoms with Crippen LogP contribution in [0.4, 0.5) is 0 Å². The quantitative estimate of drug-likeness (QED) is 0.742. The van der Waals surface area contributed by atoms with Crippen molar-refractivity contribution in [1.29, 1.82) is 0 Å². The van der Waals surface area contributed by atoms with E-state index in [0.29, 0.717) is 11.3 Å². The van der Waals surface area contributed by atoms with Gasteiger partial charge < -0.3 is 14.6 Å². The molecule has 1 atom stereocenters. The lowest BCUT2D eigenvalue weighted by Crippen LogP contribution is -2.39. The molecule has 0 bridgehead atoms. The van der Waals surface area contributed by atoms with Crippen LogP contribution in [0.25, 0.3) is 11.5 Å². The van der Waals surface area contributed by atoms with Gasteiger partial charge in [0.05, 0.1) is 7.11 Å². The van der Waals surface area contributed by atoms with Gasteiger partial charge in [-0.25, -0.2) is 8.42 Å². The van der Waals surface area contributed by atoms with Crippen molar-refractivity contribution in [2.24, 2.45) is 5.92 Å². The number of ether oxygens (including phenoxy) is 1. The summed E-state index contributed by atoms with van der Waals surface area (Å²) in [6, 6.07) is 6.81. The number of hydrogen-bond acceptors (Lipinski definition) is 7. The van der Waals surface area contributed by atoms with Crippen LogP contribution in [-0.4, -0.2) is 43.4 Å². The van der Waals surface area contributed by atoms with Crippen molar-refractivity contribution in [3.63, 3.8) is 0 Å². The Morgan fingerprint density at radius 3 is 2.46 bits per heavy atom. The molecule has 0 spiro atoms. The first-order chi connectivity index (χ1) is 12.2. The van der Waals surface area contributed by atoms with Crippen LogP contribution in [0.15, 0.2) is 28.8 Å². The molecule has 1 aromatic carbocycles. The van der Waals surface area contributed by atoms with Gasteiger partial charge in [-0.1, -0.05) is 19.0 Å². The van der Waals surface area contributed by atoms with E-state index >= 15 is 0 Å². The maximum atomic E-state index is 12.2. The summed E-state index contributed by atoms with van der Waals surface area (Å²) < 4.78 is 34.6. The predicted octanol–water partition coefficient (Wildman–Crippen LogP) is 1.82. The van der Waals surface area contributed by atoms with Crippen LogP contribution >= 0.6 is 0 Å². The van der Waals surface area contributed by atoms with Gasteiger partial charge in [0.1, 0.15) is 17.3 Å². The van der Waals surface area contributed by atoms with Crippen LogP contribution < -0.4 is 10.1 Å². The molecule has 2 aromatic rings. The van der Waals surface area contributed by atoms with Gasteiger partial charge in [-0.05, 0) is 37.1 Å². The first kappa shape index (κ1) is 19.9. The van der Waals surface area contributed by atoms with Gasteiger partial charge in [0, 0.05) is 11.6 Å². The number of carbonyl (C=O) groups excluding carboxylic acids is 1. The van der Waals surface area contributed by atoms with Crippen LogP contribution in [-0.2, 0) is 20.4 Å². The molecule has 0 aliphatic rings. The fourth-order valence-corrected chi connectivity index (χ4v) is 3.17. The van der Waals surface area contributed by atoms with E-state index in [9.17, 15) is 13.2 Å². The molecular formula is C17H23N3O5S. The molecule has 142 valence electrons. The highest BCUT2D eigenvalue weighted by Crippen LogP contribution is 2.21. The van der Waals surface area contributed by atoms with Gasteiger partial charge in [0.25, 0.3) is 5.89 Å². The zero-order valence-electron chi connectivity index (χ0n) is 15.2. The van der Waals surface area contributed by atoms with E-state index in [2.05, 4.69) is 15.5 Å². The molecule has 0 fully saturated rings. The van der Waals surface area contributed by atoms with Gasteiger partial charge in [0.2, 0.25) is 5.91 Å². The van der Waals surface area contributed by atoms with Crippen LogP contribution in [0.3, 0.4) is 0 Å². The summed E-state index contributed by atoms with van der Waals surface area (Å²) in [4.78, 5) is 16.0. The topological polar surface area (TPSA) is 111 Å². The predicted molar refractivity (Wildman–Crippen MR) is 96.2 cm³/mol. The van der Waals surface area contributed by atoms with E-state index in [4.69, 9.17) is 9.26 Å². The third kappa shape index (κ3) is 5.55. The Hall–Kier alpha value is -2.42. The monoisotopic (exact) mass is 381 g/mol. The lowest BCUT2D eigenvalue weighted by Gasteiger charge is -2.17. The Balaban J connectivity index is 2.01. The van der Waals surface area contributed by atoms with Gasteiger partial charge in [-0.2, -0.15) is 4.98 Å². The molecule has 0 aliphatic carbocycles. The first-order valence-corrected chi connectivity index (χ1v) is 9.99. The number of aromatic nitrogens is 2. The minimum Gasteiger partial charge on any atom is -0.497 e. The number of nitrogens with one attached hydrogen (secondary N) is 1. The normalized spacial score (nSPS) is 12.8. The highest BCUT2D eigenvalue weighted by molar-refractivity contribution is 7.91. The maximum absolute atomic E-state index is 12.2. The average molecular weight is 381 g/mol. The lowest BCUT2D eigenvalue weighted by atomic mass is 10.1. The fourth-order valence-electron chi connectivity index (χ4n) is 2.07. The van der Waals surface area contributed by atoms with E-state index < -0.39 is 27.3 Å². The molecule has 0 aliphatic heterocycles. The fraction of sp³-hybridized carbons (Fsp3) is 0.471. The van der Waals surface area contributed by atoms with Gasteiger partial charge >= 0.3 is 0 Å². The Morgan fingerprint density at radius 1 is 1.23 bits per heavy atom.